The zero-order chi connectivity index (χ0) is 8.97. The summed E-state index contributed by atoms with van der Waals surface area (Å²) >= 11 is 1.07. The summed E-state index contributed by atoms with van der Waals surface area (Å²) in [5, 5.41) is 3.71. The van der Waals surface area contributed by atoms with Gasteiger partial charge >= 0.3 is 5.97 Å². The maximum atomic E-state index is 11.2. The molecule has 1 aromatic rings. The zero-order valence-electron chi connectivity index (χ0n) is 7.03. The smallest absolute Gasteiger partial charge is 0.351 e. The third-order valence-corrected chi connectivity index (χ3v) is 2.08. The van der Waals surface area contributed by atoms with E-state index >= 15 is 0 Å². The first kappa shape index (κ1) is 9.12. The first-order chi connectivity index (χ1) is 5.75. The molecule has 1 heterocycles. The van der Waals surface area contributed by atoms with Gasteiger partial charge in [-0.3, -0.25) is 0 Å². The Morgan fingerprint density at radius 3 is 2.92 bits per heavy atom. The molecule has 0 spiro atoms. The second-order valence-electron chi connectivity index (χ2n) is 2.32. The maximum absolute atomic E-state index is 11.2. The molecule has 66 valence electrons. The Hall–Kier alpha value is -0.970. The van der Waals surface area contributed by atoms with Gasteiger partial charge in [-0.1, -0.05) is 11.4 Å². The third-order valence-electron chi connectivity index (χ3n) is 1.27. The number of ether oxygens (including phenoxy) is 1. The summed E-state index contributed by atoms with van der Waals surface area (Å²) in [6, 6.07) is 0. The van der Waals surface area contributed by atoms with E-state index in [1.807, 2.05) is 6.92 Å². The van der Waals surface area contributed by atoms with Crippen LogP contribution in [0.25, 0.3) is 0 Å². The monoisotopic (exact) mass is 186 g/mol. The van der Waals surface area contributed by atoms with E-state index in [1.54, 1.807) is 6.92 Å². The van der Waals surface area contributed by atoms with Crippen LogP contribution in [0, 0.1) is 6.92 Å². The van der Waals surface area contributed by atoms with Crippen LogP contribution < -0.4 is 0 Å². The second kappa shape index (κ2) is 4.15. The molecule has 0 aliphatic rings. The van der Waals surface area contributed by atoms with E-state index in [-0.39, 0.29) is 5.97 Å². The summed E-state index contributed by atoms with van der Waals surface area (Å²) in [5.74, 6) is -0.315. The summed E-state index contributed by atoms with van der Waals surface area (Å²) in [5.41, 5.74) is 0.640. The number of nitrogens with zero attached hydrogens (tertiary/aromatic N) is 2. The van der Waals surface area contributed by atoms with Gasteiger partial charge < -0.3 is 4.74 Å². The molecule has 0 saturated carbocycles. The molecule has 0 N–H and O–H groups in total. The van der Waals surface area contributed by atoms with Crippen molar-refractivity contribution < 1.29 is 9.53 Å². The minimum absolute atomic E-state index is 0.315. The molecule has 12 heavy (non-hydrogen) atoms. The Morgan fingerprint density at radius 2 is 2.42 bits per heavy atom. The Labute approximate surface area is 74.7 Å². The molecular formula is C7H10N2O2S. The average molecular weight is 186 g/mol. The molecule has 0 amide bonds. The van der Waals surface area contributed by atoms with E-state index in [1.165, 1.54) is 0 Å². The van der Waals surface area contributed by atoms with Crippen molar-refractivity contribution in [3.8, 4) is 0 Å². The van der Waals surface area contributed by atoms with Crippen LogP contribution in [-0.4, -0.2) is 22.2 Å². The van der Waals surface area contributed by atoms with Gasteiger partial charge in [0, 0.05) is 0 Å². The number of hydrogen-bond donors (Lipinski definition) is 0. The van der Waals surface area contributed by atoms with Gasteiger partial charge in [0.05, 0.1) is 12.3 Å². The fourth-order valence-electron chi connectivity index (χ4n) is 0.679. The van der Waals surface area contributed by atoms with Gasteiger partial charge in [-0.25, -0.2) is 4.79 Å². The summed E-state index contributed by atoms with van der Waals surface area (Å²) in [6.07, 6.45) is 0.830. The number of carbonyl (C=O) groups is 1. The van der Waals surface area contributed by atoms with E-state index in [0.29, 0.717) is 17.2 Å². The third kappa shape index (κ3) is 2.01. The van der Waals surface area contributed by atoms with Crippen molar-refractivity contribution in [1.82, 2.24) is 9.59 Å². The predicted octanol–water partition coefficient (Wildman–Crippen LogP) is 1.41. The molecule has 0 aliphatic carbocycles. The van der Waals surface area contributed by atoms with Crippen LogP contribution in [0.4, 0.5) is 0 Å². The fourth-order valence-corrected chi connectivity index (χ4v) is 1.23. The molecule has 5 heteroatoms. The number of carbonyl (C=O) groups excluding carboxylic acids is 1. The average Bonchev–Trinajstić information content (AvgIpc) is 2.47. The molecule has 0 atom stereocenters. The number of aromatic nitrogens is 2. The number of hydrogen-bond acceptors (Lipinski definition) is 5. The van der Waals surface area contributed by atoms with Crippen molar-refractivity contribution in [1.29, 1.82) is 0 Å². The van der Waals surface area contributed by atoms with E-state index in [4.69, 9.17) is 4.74 Å². The molecule has 0 radical (unpaired) electrons. The lowest BCUT2D eigenvalue weighted by molar-refractivity contribution is 0.0510. The minimum Gasteiger partial charge on any atom is -0.461 e. The van der Waals surface area contributed by atoms with Crippen LogP contribution in [0.3, 0.4) is 0 Å². The molecule has 0 unspecified atom stereocenters. The van der Waals surface area contributed by atoms with Crippen molar-refractivity contribution >= 4 is 17.5 Å². The van der Waals surface area contributed by atoms with Gasteiger partial charge in [0.15, 0.2) is 4.88 Å². The fraction of sp³-hybridized carbons (Fsp3) is 0.571. The van der Waals surface area contributed by atoms with Crippen LogP contribution in [-0.2, 0) is 4.74 Å². The maximum Gasteiger partial charge on any atom is 0.351 e. The van der Waals surface area contributed by atoms with Crippen molar-refractivity contribution in [2.24, 2.45) is 0 Å². The molecule has 0 bridgehead atoms. The SMILES string of the molecule is CCCOC(=O)c1snnc1C. The number of esters is 1. The molecular weight excluding hydrogens is 176 g/mol. The molecule has 4 nitrogen and oxygen atoms in total. The summed E-state index contributed by atoms with van der Waals surface area (Å²) in [7, 11) is 0. The number of rotatable bonds is 3. The number of aryl methyl sites for hydroxylation is 1. The van der Waals surface area contributed by atoms with Crippen LogP contribution >= 0.6 is 11.5 Å². The first-order valence-corrected chi connectivity index (χ1v) is 4.49. The van der Waals surface area contributed by atoms with Crippen molar-refractivity contribution in [3.63, 3.8) is 0 Å². The molecule has 1 aromatic heterocycles. The van der Waals surface area contributed by atoms with Gasteiger partial charge in [-0.05, 0) is 24.9 Å². The quantitative estimate of drug-likeness (QED) is 0.670. The highest BCUT2D eigenvalue weighted by molar-refractivity contribution is 7.07. The van der Waals surface area contributed by atoms with Crippen molar-refractivity contribution in [2.45, 2.75) is 20.3 Å². The molecule has 0 aromatic carbocycles. The minimum atomic E-state index is -0.315. The highest BCUT2D eigenvalue weighted by Gasteiger charge is 2.13. The van der Waals surface area contributed by atoms with Crippen LogP contribution in [0.2, 0.25) is 0 Å². The van der Waals surface area contributed by atoms with Crippen molar-refractivity contribution in [3.05, 3.63) is 10.6 Å². The predicted molar refractivity (Wildman–Crippen MR) is 45.2 cm³/mol. The lowest BCUT2D eigenvalue weighted by Gasteiger charge is -1.98. The lowest BCUT2D eigenvalue weighted by Crippen LogP contribution is -2.05. The largest absolute Gasteiger partial charge is 0.461 e. The van der Waals surface area contributed by atoms with E-state index < -0.39 is 0 Å². The standard InChI is InChI=1S/C7H10N2O2S/c1-3-4-11-7(10)6-5(2)8-9-12-6/h3-4H2,1-2H3. The Balaban J connectivity index is 2.59. The highest BCUT2D eigenvalue weighted by Crippen LogP contribution is 2.10. The summed E-state index contributed by atoms with van der Waals surface area (Å²) in [4.78, 5) is 11.7. The van der Waals surface area contributed by atoms with Crippen LogP contribution in [0.15, 0.2) is 0 Å². The van der Waals surface area contributed by atoms with E-state index in [2.05, 4.69) is 9.59 Å². The lowest BCUT2D eigenvalue weighted by atomic mass is 10.4. The molecule has 1 rings (SSSR count). The molecule has 0 aliphatic heterocycles. The van der Waals surface area contributed by atoms with Crippen molar-refractivity contribution in [2.75, 3.05) is 6.61 Å². The first-order valence-electron chi connectivity index (χ1n) is 3.71. The van der Waals surface area contributed by atoms with Crippen LogP contribution in [0.5, 0.6) is 0 Å². The Morgan fingerprint density at radius 1 is 1.67 bits per heavy atom. The van der Waals surface area contributed by atoms with Gasteiger partial charge in [0.2, 0.25) is 0 Å². The van der Waals surface area contributed by atoms with Gasteiger partial charge in [0.1, 0.15) is 0 Å². The van der Waals surface area contributed by atoms with Gasteiger partial charge in [-0.2, -0.15) is 0 Å². The Kier molecular flexibility index (Phi) is 3.16. The highest BCUT2D eigenvalue weighted by atomic mass is 32.1. The normalized spacial score (nSPS) is 9.83. The van der Waals surface area contributed by atoms with E-state index in [9.17, 15) is 4.79 Å². The second-order valence-corrected chi connectivity index (χ2v) is 3.08. The topological polar surface area (TPSA) is 52.1 Å². The Bertz CT molecular complexity index is 272. The van der Waals surface area contributed by atoms with Gasteiger partial charge in [-0.15, -0.1) is 5.10 Å². The van der Waals surface area contributed by atoms with Gasteiger partial charge in [0.25, 0.3) is 0 Å². The van der Waals surface area contributed by atoms with E-state index in [0.717, 1.165) is 18.0 Å². The zero-order valence-corrected chi connectivity index (χ0v) is 7.85. The summed E-state index contributed by atoms with van der Waals surface area (Å²) < 4.78 is 8.55. The molecule has 0 fully saturated rings. The molecule has 0 saturated heterocycles. The van der Waals surface area contributed by atoms with Crippen LogP contribution in [0.1, 0.15) is 28.7 Å². The summed E-state index contributed by atoms with van der Waals surface area (Å²) in [6.45, 7) is 4.15.